The van der Waals surface area contributed by atoms with Crippen LogP contribution in [-0.4, -0.2) is 23.6 Å². The highest BCUT2D eigenvalue weighted by atomic mass is 35.5. The third-order valence-corrected chi connectivity index (χ3v) is 5.44. The van der Waals surface area contributed by atoms with Crippen molar-refractivity contribution in [2.75, 3.05) is 7.11 Å². The number of benzene rings is 1. The van der Waals surface area contributed by atoms with Crippen molar-refractivity contribution in [1.29, 1.82) is 0 Å². The molecular formula is C16H13ClN2O3S2. The van der Waals surface area contributed by atoms with Crippen LogP contribution in [-0.2, 0) is 27.3 Å². The largest absolute Gasteiger partial charge is 0.468 e. The van der Waals surface area contributed by atoms with Crippen LogP contribution in [0, 0.1) is 0 Å². The van der Waals surface area contributed by atoms with E-state index in [1.54, 1.807) is 22.8 Å². The molecule has 5 nitrogen and oxygen atoms in total. The molecule has 0 aliphatic heterocycles. The molecule has 0 spiro atoms. The van der Waals surface area contributed by atoms with Gasteiger partial charge in [0, 0.05) is 9.90 Å². The van der Waals surface area contributed by atoms with Gasteiger partial charge in [-0.3, -0.25) is 9.59 Å². The molecule has 2 heterocycles. The number of hydrogen-bond donors (Lipinski definition) is 0. The molecule has 3 aromatic rings. The van der Waals surface area contributed by atoms with E-state index in [0.717, 1.165) is 15.1 Å². The van der Waals surface area contributed by atoms with Gasteiger partial charge in [-0.05, 0) is 29.6 Å². The zero-order valence-corrected chi connectivity index (χ0v) is 15.1. The molecule has 0 atom stereocenters. The van der Waals surface area contributed by atoms with Gasteiger partial charge in [0.05, 0.1) is 23.7 Å². The van der Waals surface area contributed by atoms with Crippen LogP contribution in [0.1, 0.15) is 4.88 Å². The molecule has 8 heteroatoms. The fourth-order valence-corrected chi connectivity index (χ4v) is 4.21. The third kappa shape index (κ3) is 3.75. The third-order valence-electron chi connectivity index (χ3n) is 3.29. The summed E-state index contributed by atoms with van der Waals surface area (Å²) >= 11 is 8.85. The molecule has 0 fully saturated rings. The smallest absolute Gasteiger partial charge is 0.325 e. The highest BCUT2D eigenvalue weighted by Crippen LogP contribution is 2.22. The number of nitrogens with zero attached hydrogens (tertiary/aromatic N) is 2. The van der Waals surface area contributed by atoms with Crippen molar-refractivity contribution in [3.05, 3.63) is 50.4 Å². The summed E-state index contributed by atoms with van der Waals surface area (Å²) in [5.74, 6) is -0.662. The number of fused-ring (bicyclic) bond motifs is 1. The highest BCUT2D eigenvalue weighted by molar-refractivity contribution is 7.16. The maximum atomic E-state index is 12.2. The second-order valence-electron chi connectivity index (χ2n) is 4.92. The van der Waals surface area contributed by atoms with Crippen LogP contribution in [0.25, 0.3) is 10.2 Å². The van der Waals surface area contributed by atoms with Crippen molar-refractivity contribution in [3.63, 3.8) is 0 Å². The second kappa shape index (κ2) is 7.29. The maximum Gasteiger partial charge on any atom is 0.325 e. The number of carbonyl (C=O) groups is 2. The number of methoxy groups -OCH3 is 1. The van der Waals surface area contributed by atoms with Gasteiger partial charge in [0.15, 0.2) is 4.80 Å². The summed E-state index contributed by atoms with van der Waals surface area (Å²) in [4.78, 5) is 29.5. The van der Waals surface area contributed by atoms with E-state index in [1.807, 2.05) is 17.5 Å². The predicted octanol–water partition coefficient (Wildman–Crippen LogP) is 3.26. The Balaban J connectivity index is 2.04. The number of thiophene rings is 1. The van der Waals surface area contributed by atoms with Gasteiger partial charge < -0.3 is 9.30 Å². The Hall–Kier alpha value is -1.96. The van der Waals surface area contributed by atoms with E-state index in [0.29, 0.717) is 9.82 Å². The predicted molar refractivity (Wildman–Crippen MR) is 95.4 cm³/mol. The van der Waals surface area contributed by atoms with Crippen LogP contribution < -0.4 is 4.80 Å². The van der Waals surface area contributed by atoms with E-state index in [1.165, 1.54) is 29.8 Å². The van der Waals surface area contributed by atoms with E-state index in [9.17, 15) is 9.59 Å². The minimum atomic E-state index is -0.406. The lowest BCUT2D eigenvalue weighted by molar-refractivity contribution is -0.141. The first-order chi connectivity index (χ1) is 11.6. The molecule has 0 unspecified atom stereocenters. The summed E-state index contributed by atoms with van der Waals surface area (Å²) in [5, 5.41) is 2.51. The average Bonchev–Trinajstić information content (AvgIpc) is 3.15. The number of rotatable bonds is 4. The Kier molecular flexibility index (Phi) is 5.13. The SMILES string of the molecule is COC(=O)Cn1c(=NC(=O)Cc2cccs2)sc2cc(Cl)ccc21. The van der Waals surface area contributed by atoms with Gasteiger partial charge >= 0.3 is 5.97 Å². The molecule has 0 N–H and O–H groups in total. The van der Waals surface area contributed by atoms with E-state index in [4.69, 9.17) is 16.3 Å². The topological polar surface area (TPSA) is 60.7 Å². The Morgan fingerprint density at radius 2 is 2.17 bits per heavy atom. The number of esters is 1. The minimum Gasteiger partial charge on any atom is -0.468 e. The van der Waals surface area contributed by atoms with Crippen LogP contribution >= 0.6 is 34.3 Å². The fraction of sp³-hybridized carbons (Fsp3) is 0.188. The van der Waals surface area contributed by atoms with Crippen molar-refractivity contribution < 1.29 is 14.3 Å². The monoisotopic (exact) mass is 380 g/mol. The molecule has 3 rings (SSSR count). The number of ether oxygens (including phenoxy) is 1. The summed E-state index contributed by atoms with van der Waals surface area (Å²) in [6.07, 6.45) is 0.241. The fourth-order valence-electron chi connectivity index (χ4n) is 2.19. The van der Waals surface area contributed by atoms with Crippen LogP contribution in [0.4, 0.5) is 0 Å². The quantitative estimate of drug-likeness (QED) is 0.653. The Morgan fingerprint density at radius 3 is 2.88 bits per heavy atom. The number of amides is 1. The van der Waals surface area contributed by atoms with E-state index < -0.39 is 5.97 Å². The Morgan fingerprint density at radius 1 is 1.33 bits per heavy atom. The first kappa shape index (κ1) is 16.9. The summed E-state index contributed by atoms with van der Waals surface area (Å²) in [7, 11) is 1.33. The number of thiazole rings is 1. The molecule has 0 radical (unpaired) electrons. The van der Waals surface area contributed by atoms with Gasteiger partial charge in [-0.15, -0.1) is 11.3 Å². The Labute approximate surface area is 150 Å². The van der Waals surface area contributed by atoms with Crippen molar-refractivity contribution >= 4 is 56.4 Å². The summed E-state index contributed by atoms with van der Waals surface area (Å²) in [6, 6.07) is 9.12. The van der Waals surface area contributed by atoms with Gasteiger partial charge in [-0.25, -0.2) is 0 Å². The van der Waals surface area contributed by atoms with Gasteiger partial charge in [0.2, 0.25) is 0 Å². The van der Waals surface area contributed by atoms with Gasteiger partial charge in [-0.2, -0.15) is 4.99 Å². The lowest BCUT2D eigenvalue weighted by atomic mass is 10.3. The van der Waals surface area contributed by atoms with Crippen LogP contribution in [0.2, 0.25) is 5.02 Å². The molecular weight excluding hydrogens is 368 g/mol. The average molecular weight is 381 g/mol. The summed E-state index contributed by atoms with van der Waals surface area (Å²) < 4.78 is 7.27. The molecule has 2 aromatic heterocycles. The van der Waals surface area contributed by atoms with Crippen LogP contribution in [0.3, 0.4) is 0 Å². The molecule has 0 saturated heterocycles. The second-order valence-corrected chi connectivity index (χ2v) is 7.40. The zero-order valence-electron chi connectivity index (χ0n) is 12.7. The Bertz CT molecular complexity index is 958. The van der Waals surface area contributed by atoms with Crippen molar-refractivity contribution in [1.82, 2.24) is 4.57 Å². The van der Waals surface area contributed by atoms with Gasteiger partial charge in [-0.1, -0.05) is 29.0 Å². The van der Waals surface area contributed by atoms with Gasteiger partial charge in [0.25, 0.3) is 5.91 Å². The summed E-state index contributed by atoms with van der Waals surface area (Å²) in [5.41, 5.74) is 0.789. The van der Waals surface area contributed by atoms with Crippen molar-refractivity contribution in [2.24, 2.45) is 4.99 Å². The number of carbonyl (C=O) groups excluding carboxylic acids is 2. The van der Waals surface area contributed by atoms with E-state index >= 15 is 0 Å². The minimum absolute atomic E-state index is 0.0107. The number of aromatic nitrogens is 1. The molecule has 1 amide bonds. The molecule has 0 saturated carbocycles. The number of hydrogen-bond acceptors (Lipinski definition) is 5. The normalized spacial score (nSPS) is 11.8. The summed E-state index contributed by atoms with van der Waals surface area (Å²) in [6.45, 7) is -0.0107. The first-order valence-electron chi connectivity index (χ1n) is 7.02. The molecule has 0 aliphatic carbocycles. The molecule has 124 valence electrons. The molecule has 24 heavy (non-hydrogen) atoms. The van der Waals surface area contributed by atoms with E-state index in [2.05, 4.69) is 4.99 Å². The van der Waals surface area contributed by atoms with E-state index in [-0.39, 0.29) is 18.9 Å². The van der Waals surface area contributed by atoms with Crippen molar-refractivity contribution in [3.8, 4) is 0 Å². The molecule has 0 bridgehead atoms. The standard InChI is InChI=1S/C16H13ClN2O3S2/c1-22-15(21)9-19-12-5-4-10(17)7-13(12)24-16(19)18-14(20)8-11-3-2-6-23-11/h2-7H,8-9H2,1H3. The lowest BCUT2D eigenvalue weighted by Gasteiger charge is -2.03. The van der Waals surface area contributed by atoms with Crippen molar-refractivity contribution in [2.45, 2.75) is 13.0 Å². The highest BCUT2D eigenvalue weighted by Gasteiger charge is 2.12. The van der Waals surface area contributed by atoms with Crippen LogP contribution in [0.15, 0.2) is 40.7 Å². The van der Waals surface area contributed by atoms with Crippen LogP contribution in [0.5, 0.6) is 0 Å². The number of halogens is 1. The first-order valence-corrected chi connectivity index (χ1v) is 9.10. The molecule has 0 aliphatic rings. The van der Waals surface area contributed by atoms with Gasteiger partial charge in [0.1, 0.15) is 6.54 Å². The zero-order chi connectivity index (χ0) is 17.1. The lowest BCUT2D eigenvalue weighted by Crippen LogP contribution is -2.22. The molecule has 1 aromatic carbocycles. The maximum absolute atomic E-state index is 12.2.